The Kier molecular flexibility index (Phi) is 7.21. The average Bonchev–Trinajstić information content (AvgIpc) is 3.74. The van der Waals surface area contributed by atoms with Crippen LogP contribution in [0.4, 0.5) is 0 Å². The van der Waals surface area contributed by atoms with Crippen molar-refractivity contribution in [3.63, 3.8) is 0 Å². The van der Waals surface area contributed by atoms with Gasteiger partial charge in [-0.1, -0.05) is 172 Å². The minimum atomic E-state index is -0.0904. The molecule has 0 N–H and O–H groups in total. The Labute approximate surface area is 327 Å². The zero-order chi connectivity index (χ0) is 37.5. The summed E-state index contributed by atoms with van der Waals surface area (Å²) in [7, 11) is 0. The highest BCUT2D eigenvalue weighted by Crippen LogP contribution is 2.55. The van der Waals surface area contributed by atoms with Crippen molar-refractivity contribution < 1.29 is 0 Å². The molecular formula is C54H40N2. The van der Waals surface area contributed by atoms with Gasteiger partial charge in [-0.3, -0.25) is 4.57 Å². The third-order valence-corrected chi connectivity index (χ3v) is 12.4. The van der Waals surface area contributed by atoms with Gasteiger partial charge in [0.1, 0.15) is 5.82 Å². The van der Waals surface area contributed by atoms with Crippen molar-refractivity contribution in [2.45, 2.75) is 32.6 Å². The third-order valence-electron chi connectivity index (χ3n) is 12.4. The lowest BCUT2D eigenvalue weighted by molar-refractivity contribution is 0.660. The molecule has 2 heteroatoms. The molecule has 2 nitrogen and oxygen atoms in total. The molecular weight excluding hydrogens is 677 g/mol. The number of nitrogens with zero attached hydrogens (tertiary/aromatic N) is 2. The largest absolute Gasteiger partial charge is 0.296 e. The lowest BCUT2D eigenvalue weighted by Gasteiger charge is -2.23. The lowest BCUT2D eigenvalue weighted by Crippen LogP contribution is -2.14. The number of benzene rings is 9. The first-order valence-electron chi connectivity index (χ1n) is 19.8. The fourth-order valence-corrected chi connectivity index (χ4v) is 9.81. The van der Waals surface area contributed by atoms with E-state index in [1.54, 1.807) is 0 Å². The van der Waals surface area contributed by atoms with Gasteiger partial charge < -0.3 is 0 Å². The van der Waals surface area contributed by atoms with E-state index in [0.717, 1.165) is 29.0 Å². The number of para-hydroxylation sites is 2. The van der Waals surface area contributed by atoms with Crippen LogP contribution in [0.5, 0.6) is 0 Å². The van der Waals surface area contributed by atoms with Crippen LogP contribution in [0.25, 0.3) is 93.5 Å². The van der Waals surface area contributed by atoms with Crippen LogP contribution < -0.4 is 0 Å². The summed E-state index contributed by atoms with van der Waals surface area (Å²) in [4.78, 5) is 5.06. The SMILES string of the molecule is CCc1nc2ccccc2n1-c1ccc(-c2c3ccccc3c(-c3cccc4c3-c3ccccc3C4(C)C)c3ccc(-c4ccccc4)cc23)c2ccccc12. The molecule has 0 bridgehead atoms. The Bertz CT molecular complexity index is 3200. The maximum atomic E-state index is 5.06. The Balaban J connectivity index is 1.27. The minimum absolute atomic E-state index is 0.0904. The van der Waals surface area contributed by atoms with Crippen LogP contribution in [0, 0.1) is 0 Å². The minimum Gasteiger partial charge on any atom is -0.296 e. The number of aryl methyl sites for hydroxylation is 1. The van der Waals surface area contributed by atoms with Gasteiger partial charge in [0.15, 0.2) is 0 Å². The first-order chi connectivity index (χ1) is 27.5. The van der Waals surface area contributed by atoms with Gasteiger partial charge in [0.25, 0.3) is 0 Å². The van der Waals surface area contributed by atoms with E-state index in [1.807, 2.05) is 0 Å². The lowest BCUT2D eigenvalue weighted by atomic mass is 9.80. The maximum absolute atomic E-state index is 5.06. The van der Waals surface area contributed by atoms with Crippen LogP contribution in [-0.4, -0.2) is 9.55 Å². The van der Waals surface area contributed by atoms with Gasteiger partial charge >= 0.3 is 0 Å². The molecule has 1 heterocycles. The Morgan fingerprint density at radius 3 is 1.88 bits per heavy atom. The van der Waals surface area contributed by atoms with Crippen molar-refractivity contribution in [1.82, 2.24) is 9.55 Å². The molecule has 10 aromatic rings. The maximum Gasteiger partial charge on any atom is 0.114 e. The van der Waals surface area contributed by atoms with E-state index in [-0.39, 0.29) is 5.41 Å². The number of aromatic nitrogens is 2. The predicted octanol–water partition coefficient (Wildman–Crippen LogP) is 14.4. The van der Waals surface area contributed by atoms with Crippen LogP contribution in [0.15, 0.2) is 176 Å². The van der Waals surface area contributed by atoms with Gasteiger partial charge in [0, 0.05) is 17.2 Å². The second-order valence-corrected chi connectivity index (χ2v) is 15.7. The Hall–Kier alpha value is -6.77. The van der Waals surface area contributed by atoms with Crippen molar-refractivity contribution in [1.29, 1.82) is 0 Å². The van der Waals surface area contributed by atoms with E-state index in [2.05, 4.69) is 201 Å². The van der Waals surface area contributed by atoms with Crippen LogP contribution in [0.2, 0.25) is 0 Å². The van der Waals surface area contributed by atoms with Crippen LogP contribution in [0.1, 0.15) is 37.7 Å². The topological polar surface area (TPSA) is 17.8 Å². The zero-order valence-electron chi connectivity index (χ0n) is 31.8. The molecule has 0 atom stereocenters. The van der Waals surface area contributed by atoms with Crippen molar-refractivity contribution >= 4 is 43.4 Å². The van der Waals surface area contributed by atoms with Crippen LogP contribution >= 0.6 is 0 Å². The van der Waals surface area contributed by atoms with Crippen LogP contribution in [0.3, 0.4) is 0 Å². The summed E-state index contributed by atoms with van der Waals surface area (Å²) < 4.78 is 2.36. The molecule has 11 rings (SSSR count). The Morgan fingerprint density at radius 2 is 1.07 bits per heavy atom. The van der Waals surface area contributed by atoms with Gasteiger partial charge in [0.05, 0.1) is 16.7 Å². The van der Waals surface area contributed by atoms with Gasteiger partial charge in [-0.2, -0.15) is 0 Å². The van der Waals surface area contributed by atoms with E-state index in [4.69, 9.17) is 4.98 Å². The van der Waals surface area contributed by atoms with Gasteiger partial charge in [-0.05, 0) is 107 Å². The molecule has 0 amide bonds. The average molecular weight is 717 g/mol. The van der Waals surface area contributed by atoms with Crippen molar-refractivity contribution in [2.24, 2.45) is 0 Å². The standard InChI is InChI=1S/C54H40N2/c1-4-50-55-47-27-14-15-28-49(47)56(50)48-32-31-40(36-19-8-9-20-37(36)48)52-39-22-11-10-21-38(39)51(41-30-29-35(33-44(41)52)34-17-6-5-7-18-34)43-24-16-26-46-53(43)42-23-12-13-25-45(42)54(46,2)3/h5-33H,4H2,1-3H3. The van der Waals surface area contributed by atoms with Gasteiger partial charge in [-0.15, -0.1) is 0 Å². The number of hydrogen-bond donors (Lipinski definition) is 0. The predicted molar refractivity (Wildman–Crippen MR) is 237 cm³/mol. The van der Waals surface area contributed by atoms with E-state index >= 15 is 0 Å². The van der Waals surface area contributed by atoms with Crippen molar-refractivity contribution in [2.75, 3.05) is 0 Å². The molecule has 0 fully saturated rings. The van der Waals surface area contributed by atoms with Crippen molar-refractivity contribution in [3.8, 4) is 50.2 Å². The van der Waals surface area contributed by atoms with E-state index in [1.165, 1.54) is 88.0 Å². The highest BCUT2D eigenvalue weighted by atomic mass is 15.1. The number of hydrogen-bond acceptors (Lipinski definition) is 1. The van der Waals surface area contributed by atoms with Gasteiger partial charge in [0.2, 0.25) is 0 Å². The van der Waals surface area contributed by atoms with Crippen molar-refractivity contribution in [3.05, 3.63) is 193 Å². The molecule has 9 aromatic carbocycles. The molecule has 0 saturated heterocycles. The fraction of sp³-hybridized carbons (Fsp3) is 0.0926. The normalized spacial score (nSPS) is 13.1. The second kappa shape index (κ2) is 12.4. The summed E-state index contributed by atoms with van der Waals surface area (Å²) in [6, 6.07) is 65.1. The second-order valence-electron chi connectivity index (χ2n) is 15.7. The van der Waals surface area contributed by atoms with Crippen LogP contribution in [-0.2, 0) is 11.8 Å². The molecule has 0 aliphatic heterocycles. The number of rotatable bonds is 5. The monoisotopic (exact) mass is 716 g/mol. The highest BCUT2D eigenvalue weighted by Gasteiger charge is 2.37. The quantitative estimate of drug-likeness (QED) is 0.162. The number of imidazole rings is 1. The smallest absolute Gasteiger partial charge is 0.114 e. The third kappa shape index (κ3) is 4.66. The summed E-state index contributed by atoms with van der Waals surface area (Å²) in [6.45, 7) is 6.94. The molecule has 1 aliphatic carbocycles. The molecule has 266 valence electrons. The molecule has 1 aliphatic rings. The molecule has 0 radical (unpaired) electrons. The highest BCUT2D eigenvalue weighted by molar-refractivity contribution is 6.25. The molecule has 0 spiro atoms. The summed E-state index contributed by atoms with van der Waals surface area (Å²) in [5, 5.41) is 7.47. The summed E-state index contributed by atoms with van der Waals surface area (Å²) in [5.41, 5.74) is 16.2. The summed E-state index contributed by atoms with van der Waals surface area (Å²) in [5.74, 6) is 1.07. The fourth-order valence-electron chi connectivity index (χ4n) is 9.81. The first-order valence-corrected chi connectivity index (χ1v) is 19.8. The zero-order valence-corrected chi connectivity index (χ0v) is 31.8. The molecule has 1 aromatic heterocycles. The molecule has 0 unspecified atom stereocenters. The van der Waals surface area contributed by atoms with E-state index in [0.29, 0.717) is 0 Å². The molecule has 0 saturated carbocycles. The molecule has 56 heavy (non-hydrogen) atoms. The first kappa shape index (κ1) is 32.6. The van der Waals surface area contributed by atoms with E-state index in [9.17, 15) is 0 Å². The summed E-state index contributed by atoms with van der Waals surface area (Å²) >= 11 is 0. The van der Waals surface area contributed by atoms with Gasteiger partial charge in [-0.25, -0.2) is 4.98 Å². The number of fused-ring (bicyclic) bond motifs is 7. The summed E-state index contributed by atoms with van der Waals surface area (Å²) in [6.07, 6.45) is 0.842. The Morgan fingerprint density at radius 1 is 0.446 bits per heavy atom. The van der Waals surface area contributed by atoms with E-state index < -0.39 is 0 Å².